The van der Waals surface area contributed by atoms with Crippen molar-refractivity contribution in [3.05, 3.63) is 29.8 Å². The van der Waals surface area contributed by atoms with E-state index in [1.54, 1.807) is 6.92 Å². The van der Waals surface area contributed by atoms with Gasteiger partial charge in [-0.1, -0.05) is 0 Å². The lowest BCUT2D eigenvalue weighted by atomic mass is 9.97. The van der Waals surface area contributed by atoms with Crippen molar-refractivity contribution in [2.45, 2.75) is 37.8 Å². The molecule has 1 aromatic rings. The number of primary amides is 1. The molecule has 1 unspecified atom stereocenters. The standard InChI is InChI=1S/C14H18F2N2O2/c1-14(13(17)19,18-10-3-4-10)6-7-20-12-8-9(15)2-5-11(12)16/h2,5,8,10,18H,3-4,6-7H2,1H3,(H2,17,19). The molecule has 0 aliphatic heterocycles. The smallest absolute Gasteiger partial charge is 0.237 e. The summed E-state index contributed by atoms with van der Waals surface area (Å²) in [7, 11) is 0. The van der Waals surface area contributed by atoms with Gasteiger partial charge >= 0.3 is 0 Å². The van der Waals surface area contributed by atoms with Crippen LogP contribution in [0.1, 0.15) is 26.2 Å². The van der Waals surface area contributed by atoms with Crippen LogP contribution in [0.3, 0.4) is 0 Å². The molecule has 4 nitrogen and oxygen atoms in total. The molecule has 6 heteroatoms. The minimum absolute atomic E-state index is 0.0690. The van der Waals surface area contributed by atoms with Gasteiger partial charge in [-0.15, -0.1) is 0 Å². The average molecular weight is 284 g/mol. The molecule has 1 aliphatic rings. The van der Waals surface area contributed by atoms with E-state index >= 15 is 0 Å². The molecule has 0 saturated heterocycles. The van der Waals surface area contributed by atoms with Crippen molar-refractivity contribution < 1.29 is 18.3 Å². The normalized spacial score (nSPS) is 17.6. The number of nitrogens with two attached hydrogens (primary N) is 1. The number of hydrogen-bond donors (Lipinski definition) is 2. The summed E-state index contributed by atoms with van der Waals surface area (Å²) < 4.78 is 31.6. The van der Waals surface area contributed by atoms with Gasteiger partial charge in [0.15, 0.2) is 11.6 Å². The van der Waals surface area contributed by atoms with Crippen LogP contribution in [0.25, 0.3) is 0 Å². The number of carbonyl (C=O) groups excluding carboxylic acids is 1. The fourth-order valence-corrected chi connectivity index (χ4v) is 1.90. The summed E-state index contributed by atoms with van der Waals surface area (Å²) in [6, 6.07) is 3.30. The second-order valence-corrected chi connectivity index (χ2v) is 5.29. The van der Waals surface area contributed by atoms with E-state index < -0.39 is 23.1 Å². The molecule has 0 radical (unpaired) electrons. The summed E-state index contributed by atoms with van der Waals surface area (Å²) in [5.41, 5.74) is 4.49. The van der Waals surface area contributed by atoms with E-state index in [4.69, 9.17) is 10.5 Å². The number of hydrogen-bond acceptors (Lipinski definition) is 3. The highest BCUT2D eigenvalue weighted by atomic mass is 19.1. The summed E-state index contributed by atoms with van der Waals surface area (Å²) in [5, 5.41) is 3.16. The Morgan fingerprint density at radius 1 is 1.50 bits per heavy atom. The number of nitrogens with one attached hydrogen (secondary N) is 1. The number of halogens is 2. The van der Waals surface area contributed by atoms with E-state index in [0.29, 0.717) is 6.04 Å². The molecule has 1 fully saturated rings. The zero-order valence-electron chi connectivity index (χ0n) is 11.3. The molecule has 1 atom stereocenters. The van der Waals surface area contributed by atoms with Gasteiger partial charge < -0.3 is 15.8 Å². The Balaban J connectivity index is 1.92. The monoisotopic (exact) mass is 284 g/mol. The van der Waals surface area contributed by atoms with Crippen molar-refractivity contribution in [2.24, 2.45) is 5.73 Å². The van der Waals surface area contributed by atoms with Gasteiger partial charge in [-0.05, 0) is 31.9 Å². The lowest BCUT2D eigenvalue weighted by Crippen LogP contribution is -2.54. The fraction of sp³-hybridized carbons (Fsp3) is 0.500. The third-order valence-electron chi connectivity index (χ3n) is 3.40. The first-order valence-electron chi connectivity index (χ1n) is 6.56. The highest BCUT2D eigenvalue weighted by Crippen LogP contribution is 2.24. The number of carbonyl (C=O) groups is 1. The molecule has 1 aliphatic carbocycles. The third kappa shape index (κ3) is 3.66. The number of amides is 1. The topological polar surface area (TPSA) is 64.3 Å². The Morgan fingerprint density at radius 2 is 2.20 bits per heavy atom. The van der Waals surface area contributed by atoms with Crippen LogP contribution in [0.2, 0.25) is 0 Å². The SMILES string of the molecule is CC(CCOc1cc(F)ccc1F)(NC1CC1)C(N)=O. The molecule has 110 valence electrons. The van der Waals surface area contributed by atoms with Gasteiger partial charge in [0.25, 0.3) is 0 Å². The molecule has 0 aromatic heterocycles. The quantitative estimate of drug-likeness (QED) is 0.801. The lowest BCUT2D eigenvalue weighted by molar-refractivity contribution is -0.124. The minimum Gasteiger partial charge on any atom is -0.490 e. The molecule has 1 aromatic carbocycles. The van der Waals surface area contributed by atoms with E-state index in [2.05, 4.69) is 5.32 Å². The van der Waals surface area contributed by atoms with Crippen molar-refractivity contribution in [1.82, 2.24) is 5.32 Å². The van der Waals surface area contributed by atoms with Crippen molar-refractivity contribution >= 4 is 5.91 Å². The second kappa shape index (κ2) is 5.75. The van der Waals surface area contributed by atoms with Crippen LogP contribution in [0, 0.1) is 11.6 Å². The first kappa shape index (κ1) is 14.7. The number of benzene rings is 1. The highest BCUT2D eigenvalue weighted by molar-refractivity contribution is 5.84. The van der Waals surface area contributed by atoms with Gasteiger partial charge in [0.05, 0.1) is 12.1 Å². The lowest BCUT2D eigenvalue weighted by Gasteiger charge is -2.27. The van der Waals surface area contributed by atoms with Crippen molar-refractivity contribution in [1.29, 1.82) is 0 Å². The molecule has 0 bridgehead atoms. The first-order valence-corrected chi connectivity index (χ1v) is 6.56. The minimum atomic E-state index is -0.898. The van der Waals surface area contributed by atoms with E-state index in [9.17, 15) is 13.6 Å². The predicted octanol–water partition coefficient (Wildman–Crippen LogP) is 1.73. The van der Waals surface area contributed by atoms with Crippen LogP contribution in [0.15, 0.2) is 18.2 Å². The summed E-state index contributed by atoms with van der Waals surface area (Å²) in [6.07, 6.45) is 2.32. The largest absolute Gasteiger partial charge is 0.490 e. The zero-order valence-corrected chi connectivity index (χ0v) is 11.3. The van der Waals surface area contributed by atoms with Crippen LogP contribution in [0.5, 0.6) is 5.75 Å². The molecular weight excluding hydrogens is 266 g/mol. The van der Waals surface area contributed by atoms with Crippen LogP contribution in [0.4, 0.5) is 8.78 Å². The summed E-state index contributed by atoms with van der Waals surface area (Å²) in [6.45, 7) is 1.76. The third-order valence-corrected chi connectivity index (χ3v) is 3.40. The van der Waals surface area contributed by atoms with Gasteiger partial charge in [-0.2, -0.15) is 0 Å². The predicted molar refractivity (Wildman–Crippen MR) is 70.2 cm³/mol. The Bertz CT molecular complexity index is 506. The van der Waals surface area contributed by atoms with Crippen molar-refractivity contribution in [2.75, 3.05) is 6.61 Å². The molecule has 1 saturated carbocycles. The zero-order chi connectivity index (χ0) is 14.8. The first-order chi connectivity index (χ1) is 9.40. The summed E-state index contributed by atoms with van der Waals surface area (Å²) in [5.74, 6) is -1.85. The fourth-order valence-electron chi connectivity index (χ4n) is 1.90. The Morgan fingerprint density at radius 3 is 2.80 bits per heavy atom. The number of ether oxygens (including phenoxy) is 1. The van der Waals surface area contributed by atoms with Crippen LogP contribution < -0.4 is 15.8 Å². The van der Waals surface area contributed by atoms with Gasteiger partial charge in [0.2, 0.25) is 5.91 Å². The van der Waals surface area contributed by atoms with E-state index in [1.807, 2.05) is 0 Å². The molecular formula is C14H18F2N2O2. The Hall–Kier alpha value is -1.69. The van der Waals surface area contributed by atoms with Gasteiger partial charge in [0, 0.05) is 18.5 Å². The van der Waals surface area contributed by atoms with Gasteiger partial charge in [0.1, 0.15) is 5.82 Å². The van der Waals surface area contributed by atoms with Crippen molar-refractivity contribution in [3.8, 4) is 5.75 Å². The average Bonchev–Trinajstić information content (AvgIpc) is 3.17. The number of rotatable bonds is 7. The van der Waals surface area contributed by atoms with Gasteiger partial charge in [-0.25, -0.2) is 8.78 Å². The van der Waals surface area contributed by atoms with Gasteiger partial charge in [-0.3, -0.25) is 4.79 Å². The van der Waals surface area contributed by atoms with E-state index in [0.717, 1.165) is 31.0 Å². The van der Waals surface area contributed by atoms with Crippen LogP contribution in [-0.4, -0.2) is 24.1 Å². The Kier molecular flexibility index (Phi) is 4.23. The van der Waals surface area contributed by atoms with E-state index in [1.165, 1.54) is 0 Å². The highest BCUT2D eigenvalue weighted by Gasteiger charge is 2.36. The van der Waals surface area contributed by atoms with Crippen LogP contribution in [-0.2, 0) is 4.79 Å². The molecule has 1 amide bonds. The maximum atomic E-state index is 13.4. The molecule has 20 heavy (non-hydrogen) atoms. The molecule has 0 heterocycles. The molecule has 2 rings (SSSR count). The van der Waals surface area contributed by atoms with E-state index in [-0.39, 0.29) is 18.8 Å². The maximum Gasteiger partial charge on any atom is 0.237 e. The second-order valence-electron chi connectivity index (χ2n) is 5.29. The van der Waals surface area contributed by atoms with Crippen LogP contribution >= 0.6 is 0 Å². The Labute approximate surface area is 116 Å². The summed E-state index contributed by atoms with van der Waals surface area (Å²) >= 11 is 0. The van der Waals surface area contributed by atoms with Crippen molar-refractivity contribution in [3.63, 3.8) is 0 Å². The molecule has 3 N–H and O–H groups in total. The summed E-state index contributed by atoms with van der Waals surface area (Å²) in [4.78, 5) is 11.5. The molecule has 0 spiro atoms. The maximum absolute atomic E-state index is 13.4.